The summed E-state index contributed by atoms with van der Waals surface area (Å²) < 4.78 is 0. The molecular formula is C16H22N2O2. The normalized spacial score (nSPS) is 26.7. The summed E-state index contributed by atoms with van der Waals surface area (Å²) in [6.07, 6.45) is 4.65. The molecule has 2 unspecified atom stereocenters. The van der Waals surface area contributed by atoms with E-state index in [0.29, 0.717) is 17.5 Å². The number of carbonyl (C=O) groups excluding carboxylic acids is 1. The van der Waals surface area contributed by atoms with Crippen LogP contribution < -0.4 is 5.32 Å². The van der Waals surface area contributed by atoms with E-state index < -0.39 is 0 Å². The van der Waals surface area contributed by atoms with E-state index >= 15 is 0 Å². The predicted molar refractivity (Wildman–Crippen MR) is 77.8 cm³/mol. The number of piperidine rings is 1. The van der Waals surface area contributed by atoms with Gasteiger partial charge in [-0.25, -0.2) is 0 Å². The Morgan fingerprint density at radius 3 is 2.70 bits per heavy atom. The second-order valence-corrected chi connectivity index (χ2v) is 5.86. The summed E-state index contributed by atoms with van der Waals surface area (Å²) in [5, 5.41) is 12.8. The summed E-state index contributed by atoms with van der Waals surface area (Å²) in [7, 11) is 0. The number of hydrogen-bond donors (Lipinski definition) is 2. The average molecular weight is 274 g/mol. The van der Waals surface area contributed by atoms with Crippen LogP contribution in [-0.2, 0) is 0 Å². The van der Waals surface area contributed by atoms with E-state index in [2.05, 4.69) is 5.32 Å². The lowest BCUT2D eigenvalue weighted by molar-refractivity contribution is 0.0670. The first kappa shape index (κ1) is 13.4. The van der Waals surface area contributed by atoms with Crippen molar-refractivity contribution in [3.8, 4) is 5.75 Å². The zero-order chi connectivity index (χ0) is 13.9. The first-order valence-electron chi connectivity index (χ1n) is 7.56. The molecule has 1 aromatic rings. The Labute approximate surface area is 119 Å². The summed E-state index contributed by atoms with van der Waals surface area (Å²) in [6, 6.07) is 6.98. The molecule has 0 spiro atoms. The molecule has 0 aliphatic carbocycles. The lowest BCUT2D eigenvalue weighted by Crippen LogP contribution is -2.45. The number of phenols is 1. The van der Waals surface area contributed by atoms with Crippen molar-refractivity contribution in [1.82, 2.24) is 10.2 Å². The molecule has 0 radical (unpaired) electrons. The minimum absolute atomic E-state index is 0.109. The molecule has 108 valence electrons. The summed E-state index contributed by atoms with van der Waals surface area (Å²) in [4.78, 5) is 14.7. The molecule has 2 aliphatic heterocycles. The van der Waals surface area contributed by atoms with Crippen LogP contribution >= 0.6 is 0 Å². The Balaban J connectivity index is 1.74. The predicted octanol–water partition coefficient (Wildman–Crippen LogP) is 2.00. The smallest absolute Gasteiger partial charge is 0.254 e. The van der Waals surface area contributed by atoms with E-state index in [4.69, 9.17) is 0 Å². The number of amides is 1. The van der Waals surface area contributed by atoms with E-state index in [-0.39, 0.29) is 11.7 Å². The van der Waals surface area contributed by atoms with Crippen molar-refractivity contribution >= 4 is 5.91 Å². The molecule has 2 fully saturated rings. The minimum Gasteiger partial charge on any atom is -0.508 e. The van der Waals surface area contributed by atoms with Gasteiger partial charge < -0.3 is 15.3 Å². The molecule has 4 heteroatoms. The van der Waals surface area contributed by atoms with Crippen molar-refractivity contribution in [1.29, 1.82) is 0 Å². The number of nitrogens with zero attached hydrogens (tertiary/aromatic N) is 1. The molecule has 0 aromatic heterocycles. The first-order chi connectivity index (χ1) is 9.75. The quantitative estimate of drug-likeness (QED) is 0.867. The molecule has 2 heterocycles. The molecule has 20 heavy (non-hydrogen) atoms. The molecular weight excluding hydrogens is 252 g/mol. The molecule has 1 aromatic carbocycles. The number of rotatable bonds is 2. The van der Waals surface area contributed by atoms with E-state index in [9.17, 15) is 9.90 Å². The van der Waals surface area contributed by atoms with Crippen LogP contribution in [-0.4, -0.2) is 41.6 Å². The van der Waals surface area contributed by atoms with Crippen LogP contribution in [0.3, 0.4) is 0 Å². The van der Waals surface area contributed by atoms with Gasteiger partial charge in [-0.1, -0.05) is 0 Å². The molecule has 0 bridgehead atoms. The molecule has 0 saturated carbocycles. The van der Waals surface area contributed by atoms with Gasteiger partial charge in [0.15, 0.2) is 0 Å². The topological polar surface area (TPSA) is 52.6 Å². The number of aromatic hydroxyl groups is 1. The van der Waals surface area contributed by atoms with Gasteiger partial charge in [0.25, 0.3) is 5.91 Å². The van der Waals surface area contributed by atoms with Gasteiger partial charge in [-0.05, 0) is 69.0 Å². The fourth-order valence-electron chi connectivity index (χ4n) is 3.51. The third-order valence-corrected chi connectivity index (χ3v) is 4.55. The molecule has 4 nitrogen and oxygen atoms in total. The van der Waals surface area contributed by atoms with E-state index in [1.165, 1.54) is 12.8 Å². The highest BCUT2D eigenvalue weighted by Gasteiger charge is 2.35. The van der Waals surface area contributed by atoms with Crippen LogP contribution in [0.15, 0.2) is 24.3 Å². The number of carbonyl (C=O) groups is 1. The molecule has 3 rings (SSSR count). The fourth-order valence-corrected chi connectivity index (χ4v) is 3.51. The van der Waals surface area contributed by atoms with Crippen molar-refractivity contribution < 1.29 is 9.90 Å². The Morgan fingerprint density at radius 2 is 2.00 bits per heavy atom. The van der Waals surface area contributed by atoms with Crippen LogP contribution in [0.2, 0.25) is 0 Å². The van der Waals surface area contributed by atoms with Crippen LogP contribution in [0.1, 0.15) is 36.0 Å². The fraction of sp³-hybridized carbons (Fsp3) is 0.562. The standard InChI is InChI=1S/C16H22N2O2/c19-14-7-5-12(6-8-14)16(20)18-10-2-4-15(18)13-3-1-9-17-11-13/h5-8,13,15,17,19H,1-4,9-11H2. The van der Waals surface area contributed by atoms with Gasteiger partial charge in [0, 0.05) is 18.2 Å². The number of benzene rings is 1. The third kappa shape index (κ3) is 2.66. The monoisotopic (exact) mass is 274 g/mol. The van der Waals surface area contributed by atoms with Crippen LogP contribution in [0, 0.1) is 5.92 Å². The summed E-state index contributed by atoms with van der Waals surface area (Å²) >= 11 is 0. The van der Waals surface area contributed by atoms with Crippen molar-refractivity contribution in [2.45, 2.75) is 31.7 Å². The average Bonchev–Trinajstić information content (AvgIpc) is 2.97. The second-order valence-electron chi connectivity index (χ2n) is 5.86. The first-order valence-corrected chi connectivity index (χ1v) is 7.56. The summed E-state index contributed by atoms with van der Waals surface area (Å²) in [5.74, 6) is 0.904. The van der Waals surface area contributed by atoms with Crippen molar-refractivity contribution in [3.63, 3.8) is 0 Å². The third-order valence-electron chi connectivity index (χ3n) is 4.55. The zero-order valence-corrected chi connectivity index (χ0v) is 11.7. The van der Waals surface area contributed by atoms with Gasteiger partial charge in [0.05, 0.1) is 0 Å². The maximum absolute atomic E-state index is 12.6. The maximum Gasteiger partial charge on any atom is 0.254 e. The molecule has 2 saturated heterocycles. The van der Waals surface area contributed by atoms with Crippen LogP contribution in [0.5, 0.6) is 5.75 Å². The Morgan fingerprint density at radius 1 is 1.20 bits per heavy atom. The van der Waals surface area contributed by atoms with E-state index in [0.717, 1.165) is 32.5 Å². The molecule has 2 atom stereocenters. The van der Waals surface area contributed by atoms with Gasteiger partial charge in [0.1, 0.15) is 5.75 Å². The number of phenolic OH excluding ortho intramolecular Hbond substituents is 1. The highest BCUT2D eigenvalue weighted by atomic mass is 16.3. The van der Waals surface area contributed by atoms with E-state index in [1.54, 1.807) is 24.3 Å². The van der Waals surface area contributed by atoms with Crippen LogP contribution in [0.4, 0.5) is 0 Å². The van der Waals surface area contributed by atoms with Gasteiger partial charge in [0.2, 0.25) is 0 Å². The maximum atomic E-state index is 12.6. The van der Waals surface area contributed by atoms with Crippen molar-refractivity contribution in [3.05, 3.63) is 29.8 Å². The van der Waals surface area contributed by atoms with Crippen LogP contribution in [0.25, 0.3) is 0 Å². The Hall–Kier alpha value is -1.55. The largest absolute Gasteiger partial charge is 0.508 e. The lowest BCUT2D eigenvalue weighted by Gasteiger charge is -2.34. The van der Waals surface area contributed by atoms with E-state index in [1.807, 2.05) is 4.90 Å². The molecule has 2 N–H and O–H groups in total. The second kappa shape index (κ2) is 5.83. The SMILES string of the molecule is O=C(c1ccc(O)cc1)N1CCCC1C1CCCNC1. The van der Waals surface area contributed by atoms with Gasteiger partial charge in [-0.2, -0.15) is 0 Å². The molecule has 2 aliphatic rings. The van der Waals surface area contributed by atoms with Gasteiger partial charge >= 0.3 is 0 Å². The van der Waals surface area contributed by atoms with Gasteiger partial charge in [-0.3, -0.25) is 4.79 Å². The highest BCUT2D eigenvalue weighted by molar-refractivity contribution is 5.94. The number of likely N-dealkylation sites (tertiary alicyclic amines) is 1. The summed E-state index contributed by atoms with van der Waals surface area (Å²) in [5.41, 5.74) is 0.679. The zero-order valence-electron chi connectivity index (χ0n) is 11.7. The lowest BCUT2D eigenvalue weighted by atomic mass is 9.90. The summed E-state index contributed by atoms with van der Waals surface area (Å²) in [6.45, 7) is 3.00. The molecule has 1 amide bonds. The number of nitrogens with one attached hydrogen (secondary N) is 1. The number of hydrogen-bond acceptors (Lipinski definition) is 3. The van der Waals surface area contributed by atoms with Crippen molar-refractivity contribution in [2.75, 3.05) is 19.6 Å². The van der Waals surface area contributed by atoms with Crippen molar-refractivity contribution in [2.24, 2.45) is 5.92 Å². The highest BCUT2D eigenvalue weighted by Crippen LogP contribution is 2.29. The Bertz CT molecular complexity index is 466. The minimum atomic E-state index is 0.109. The van der Waals surface area contributed by atoms with Gasteiger partial charge in [-0.15, -0.1) is 0 Å². The Kier molecular flexibility index (Phi) is 3.92.